The SMILES string of the molecule is CCCC=NNC(=O)c1ccccc1OC. The molecule has 16 heavy (non-hydrogen) atoms. The Morgan fingerprint density at radius 3 is 2.94 bits per heavy atom. The maximum Gasteiger partial charge on any atom is 0.275 e. The van der Waals surface area contributed by atoms with Gasteiger partial charge in [0, 0.05) is 6.21 Å². The first-order valence-corrected chi connectivity index (χ1v) is 5.24. The number of carbonyl (C=O) groups excluding carboxylic acids is 1. The summed E-state index contributed by atoms with van der Waals surface area (Å²) >= 11 is 0. The van der Waals surface area contributed by atoms with Gasteiger partial charge in [0.1, 0.15) is 5.75 Å². The molecule has 0 atom stereocenters. The molecule has 1 aromatic rings. The van der Waals surface area contributed by atoms with E-state index < -0.39 is 0 Å². The largest absolute Gasteiger partial charge is 0.496 e. The molecule has 0 radical (unpaired) electrons. The highest BCUT2D eigenvalue weighted by Gasteiger charge is 2.09. The average molecular weight is 220 g/mol. The van der Waals surface area contributed by atoms with E-state index in [1.165, 1.54) is 7.11 Å². The van der Waals surface area contributed by atoms with E-state index in [9.17, 15) is 4.79 Å². The van der Waals surface area contributed by atoms with Gasteiger partial charge in [-0.3, -0.25) is 4.79 Å². The molecule has 0 aliphatic heterocycles. The number of rotatable bonds is 5. The van der Waals surface area contributed by atoms with Gasteiger partial charge in [0.05, 0.1) is 12.7 Å². The molecule has 1 rings (SSSR count). The van der Waals surface area contributed by atoms with Gasteiger partial charge in [0.2, 0.25) is 0 Å². The van der Waals surface area contributed by atoms with Crippen molar-refractivity contribution in [3.63, 3.8) is 0 Å². The fraction of sp³-hybridized carbons (Fsp3) is 0.333. The fourth-order valence-electron chi connectivity index (χ4n) is 1.19. The van der Waals surface area contributed by atoms with Crippen LogP contribution in [-0.2, 0) is 0 Å². The number of hydrogen-bond acceptors (Lipinski definition) is 3. The van der Waals surface area contributed by atoms with Gasteiger partial charge in [0.15, 0.2) is 0 Å². The van der Waals surface area contributed by atoms with Crippen molar-refractivity contribution >= 4 is 12.1 Å². The first-order chi connectivity index (χ1) is 7.79. The summed E-state index contributed by atoms with van der Waals surface area (Å²) < 4.78 is 5.08. The molecule has 0 aliphatic rings. The number of amides is 1. The quantitative estimate of drug-likeness (QED) is 0.611. The van der Waals surface area contributed by atoms with Crippen LogP contribution in [0.3, 0.4) is 0 Å². The van der Waals surface area contributed by atoms with Gasteiger partial charge in [-0.05, 0) is 18.6 Å². The molecule has 0 heterocycles. The van der Waals surface area contributed by atoms with E-state index in [1.54, 1.807) is 24.4 Å². The van der Waals surface area contributed by atoms with Crippen LogP contribution in [-0.4, -0.2) is 19.2 Å². The van der Waals surface area contributed by atoms with Crippen molar-refractivity contribution in [3.8, 4) is 5.75 Å². The van der Waals surface area contributed by atoms with Crippen molar-refractivity contribution < 1.29 is 9.53 Å². The second-order valence-electron chi connectivity index (χ2n) is 3.24. The Morgan fingerprint density at radius 1 is 1.50 bits per heavy atom. The minimum absolute atomic E-state index is 0.259. The van der Waals surface area contributed by atoms with Gasteiger partial charge in [0.25, 0.3) is 5.91 Å². The highest BCUT2D eigenvalue weighted by atomic mass is 16.5. The number of benzene rings is 1. The van der Waals surface area contributed by atoms with E-state index in [-0.39, 0.29) is 5.91 Å². The van der Waals surface area contributed by atoms with Crippen LogP contribution in [0.15, 0.2) is 29.4 Å². The first-order valence-electron chi connectivity index (χ1n) is 5.24. The number of hydrazone groups is 1. The molecule has 1 aromatic carbocycles. The topological polar surface area (TPSA) is 50.7 Å². The van der Waals surface area contributed by atoms with Crippen LogP contribution in [0.5, 0.6) is 5.75 Å². The highest BCUT2D eigenvalue weighted by molar-refractivity contribution is 5.96. The molecule has 1 amide bonds. The number of carbonyl (C=O) groups is 1. The van der Waals surface area contributed by atoms with E-state index in [1.807, 2.05) is 13.0 Å². The Labute approximate surface area is 95.3 Å². The molecule has 0 aromatic heterocycles. The highest BCUT2D eigenvalue weighted by Crippen LogP contribution is 2.16. The van der Waals surface area contributed by atoms with Crippen molar-refractivity contribution in [2.24, 2.45) is 5.10 Å². The van der Waals surface area contributed by atoms with Crippen molar-refractivity contribution in [1.29, 1.82) is 0 Å². The van der Waals surface area contributed by atoms with Crippen LogP contribution in [0, 0.1) is 0 Å². The maximum atomic E-state index is 11.7. The molecule has 0 spiro atoms. The Bertz CT molecular complexity index is 375. The molecule has 0 bridgehead atoms. The van der Waals surface area contributed by atoms with Crippen molar-refractivity contribution in [1.82, 2.24) is 5.43 Å². The van der Waals surface area contributed by atoms with Gasteiger partial charge in [-0.2, -0.15) is 5.10 Å². The molecular formula is C12H16N2O2. The summed E-state index contributed by atoms with van der Waals surface area (Å²) in [5.74, 6) is 0.287. The zero-order chi connectivity index (χ0) is 11.8. The number of para-hydroxylation sites is 1. The van der Waals surface area contributed by atoms with Crippen LogP contribution in [0.4, 0.5) is 0 Å². The van der Waals surface area contributed by atoms with Crippen LogP contribution < -0.4 is 10.2 Å². The molecule has 0 saturated carbocycles. The minimum atomic E-state index is -0.259. The zero-order valence-electron chi connectivity index (χ0n) is 9.56. The summed E-state index contributed by atoms with van der Waals surface area (Å²) in [5.41, 5.74) is 2.94. The van der Waals surface area contributed by atoms with Gasteiger partial charge >= 0.3 is 0 Å². The van der Waals surface area contributed by atoms with E-state index in [4.69, 9.17) is 4.74 Å². The third-order valence-corrected chi connectivity index (χ3v) is 2.03. The molecule has 4 heteroatoms. The second kappa shape index (κ2) is 6.61. The van der Waals surface area contributed by atoms with Crippen LogP contribution >= 0.6 is 0 Å². The van der Waals surface area contributed by atoms with E-state index in [0.29, 0.717) is 11.3 Å². The monoisotopic (exact) mass is 220 g/mol. The minimum Gasteiger partial charge on any atom is -0.496 e. The number of hydrogen-bond donors (Lipinski definition) is 1. The number of nitrogens with zero attached hydrogens (tertiary/aromatic N) is 1. The lowest BCUT2D eigenvalue weighted by molar-refractivity contribution is 0.0952. The third-order valence-electron chi connectivity index (χ3n) is 2.03. The number of ether oxygens (including phenoxy) is 1. The van der Waals surface area contributed by atoms with Crippen LogP contribution in [0.25, 0.3) is 0 Å². The lowest BCUT2D eigenvalue weighted by Gasteiger charge is -2.05. The number of nitrogens with one attached hydrogen (secondary N) is 1. The van der Waals surface area contributed by atoms with Crippen LogP contribution in [0.2, 0.25) is 0 Å². The van der Waals surface area contributed by atoms with E-state index in [2.05, 4.69) is 10.5 Å². The van der Waals surface area contributed by atoms with E-state index in [0.717, 1.165) is 12.8 Å². The molecule has 1 N–H and O–H groups in total. The van der Waals surface area contributed by atoms with Gasteiger partial charge in [-0.1, -0.05) is 25.5 Å². The lowest BCUT2D eigenvalue weighted by atomic mass is 10.2. The lowest BCUT2D eigenvalue weighted by Crippen LogP contribution is -2.18. The Kier molecular flexibility index (Phi) is 5.05. The molecule has 0 aliphatic carbocycles. The van der Waals surface area contributed by atoms with Crippen molar-refractivity contribution in [2.75, 3.05) is 7.11 Å². The summed E-state index contributed by atoms with van der Waals surface area (Å²) in [5, 5.41) is 3.83. The predicted molar refractivity (Wildman–Crippen MR) is 63.9 cm³/mol. The molecule has 0 unspecified atom stereocenters. The van der Waals surface area contributed by atoms with E-state index >= 15 is 0 Å². The summed E-state index contributed by atoms with van der Waals surface area (Å²) in [6.07, 6.45) is 3.55. The van der Waals surface area contributed by atoms with Crippen LogP contribution in [0.1, 0.15) is 30.1 Å². The Hall–Kier alpha value is -1.84. The second-order valence-corrected chi connectivity index (χ2v) is 3.24. The smallest absolute Gasteiger partial charge is 0.275 e. The van der Waals surface area contributed by atoms with Gasteiger partial charge in [-0.25, -0.2) is 5.43 Å². The molecule has 0 saturated heterocycles. The summed E-state index contributed by atoms with van der Waals surface area (Å²) in [4.78, 5) is 11.7. The fourth-order valence-corrected chi connectivity index (χ4v) is 1.19. The average Bonchev–Trinajstić information content (AvgIpc) is 2.34. The van der Waals surface area contributed by atoms with Gasteiger partial charge < -0.3 is 4.74 Å². The molecular weight excluding hydrogens is 204 g/mol. The molecule has 0 fully saturated rings. The van der Waals surface area contributed by atoms with Gasteiger partial charge in [-0.15, -0.1) is 0 Å². The number of methoxy groups -OCH3 is 1. The standard InChI is InChI=1S/C12H16N2O2/c1-3-4-9-13-14-12(15)10-7-5-6-8-11(10)16-2/h5-9H,3-4H2,1-2H3,(H,14,15). The maximum absolute atomic E-state index is 11.7. The summed E-state index contributed by atoms with van der Waals surface area (Å²) in [6.45, 7) is 2.05. The summed E-state index contributed by atoms with van der Waals surface area (Å²) in [6, 6.07) is 7.04. The molecule has 4 nitrogen and oxygen atoms in total. The summed E-state index contributed by atoms with van der Waals surface area (Å²) in [7, 11) is 1.53. The van der Waals surface area contributed by atoms with Crippen molar-refractivity contribution in [3.05, 3.63) is 29.8 Å². The third kappa shape index (κ3) is 3.38. The zero-order valence-corrected chi connectivity index (χ0v) is 9.56. The Morgan fingerprint density at radius 2 is 2.25 bits per heavy atom. The first kappa shape index (κ1) is 12.2. The normalized spacial score (nSPS) is 10.4. The number of unbranched alkanes of at least 4 members (excludes halogenated alkanes) is 1. The van der Waals surface area contributed by atoms with Crippen molar-refractivity contribution in [2.45, 2.75) is 19.8 Å². The molecule has 86 valence electrons. The predicted octanol–water partition coefficient (Wildman–Crippen LogP) is 2.21. The Balaban J connectivity index is 2.65.